The Morgan fingerprint density at radius 1 is 0.844 bits per heavy atom. The van der Waals surface area contributed by atoms with Gasteiger partial charge < -0.3 is 23.5 Å². The second kappa shape index (κ2) is 11.1. The number of thiol groups is 2. The first-order valence-electron chi connectivity index (χ1n) is 13.3. The van der Waals surface area contributed by atoms with Crippen LogP contribution < -0.4 is 11.1 Å². The molecule has 18 nitrogen and oxygen atoms in total. The molecule has 242 valence electrons. The van der Waals surface area contributed by atoms with E-state index in [9.17, 15) is 23.8 Å². The summed E-state index contributed by atoms with van der Waals surface area (Å²) >= 11 is 8.13. The minimum atomic E-state index is -4.47. The molecule has 45 heavy (non-hydrogen) atoms. The van der Waals surface area contributed by atoms with Crippen molar-refractivity contribution in [3.63, 3.8) is 0 Å². The first-order valence-corrected chi connectivity index (χ1v) is 18.7. The van der Waals surface area contributed by atoms with E-state index in [1.165, 1.54) is 51.3 Å². The minimum Gasteiger partial charge on any atom is -0.388 e. The molecule has 10 atom stereocenters. The van der Waals surface area contributed by atoms with E-state index in [2.05, 4.69) is 44.4 Å². The average Bonchev–Trinajstić information content (AvgIpc) is 3.73. The Morgan fingerprint density at radius 2 is 1.42 bits per heavy atom. The highest BCUT2D eigenvalue weighted by molar-refractivity contribution is 8.44. The van der Waals surface area contributed by atoms with Gasteiger partial charge in [0.05, 0.1) is 44.1 Å². The number of rotatable bonds is 2. The number of hydrogen-bond acceptors (Lipinski definition) is 14. The fourth-order valence-electron chi connectivity index (χ4n) is 5.76. The molecule has 4 aromatic rings. The quantitative estimate of drug-likeness (QED) is 0.197. The zero-order valence-corrected chi connectivity index (χ0v) is 26.8. The molecule has 0 radical (unpaired) electrons. The van der Waals surface area contributed by atoms with Crippen molar-refractivity contribution in [2.45, 2.75) is 55.4 Å². The van der Waals surface area contributed by atoms with Crippen LogP contribution in [0.15, 0.2) is 34.9 Å². The van der Waals surface area contributed by atoms with E-state index in [-0.39, 0.29) is 28.7 Å². The molecule has 2 saturated heterocycles. The highest BCUT2D eigenvalue weighted by Crippen LogP contribution is 2.62. The van der Waals surface area contributed by atoms with Gasteiger partial charge in [-0.05, 0) is 0 Å². The van der Waals surface area contributed by atoms with Gasteiger partial charge in [-0.3, -0.25) is 32.3 Å². The molecule has 3 unspecified atom stereocenters. The van der Waals surface area contributed by atoms with Crippen LogP contribution in [0, 0.1) is 0 Å². The van der Waals surface area contributed by atoms with E-state index in [1.807, 2.05) is 0 Å². The molecule has 2 bridgehead atoms. The van der Waals surface area contributed by atoms with Crippen molar-refractivity contribution in [2.75, 3.05) is 6.61 Å². The summed E-state index contributed by atoms with van der Waals surface area (Å²) in [5.41, 5.74) is -0.771. The number of hydrogen-bond donors (Lipinski definition) is 3. The van der Waals surface area contributed by atoms with Gasteiger partial charge in [-0.15, -0.1) is 0 Å². The van der Waals surface area contributed by atoms with E-state index in [0.717, 1.165) is 6.33 Å². The highest BCUT2D eigenvalue weighted by atomic mass is 32.7. The van der Waals surface area contributed by atoms with Gasteiger partial charge in [-0.1, -0.05) is 24.5 Å². The third-order valence-electron chi connectivity index (χ3n) is 7.94. The highest BCUT2D eigenvalue weighted by Gasteiger charge is 2.55. The average molecular weight is 707 g/mol. The molecular formula is C22H25FN8O10P2S2. The predicted octanol–water partition coefficient (Wildman–Crippen LogP) is 1.08. The molecule has 2 aliphatic heterocycles. The third-order valence-corrected chi connectivity index (χ3v) is 11.2. The molecule has 7 rings (SSSR count). The van der Waals surface area contributed by atoms with Crippen molar-refractivity contribution in [3.8, 4) is 0 Å². The standard InChI is InChI=1S/C22H25FN8O10P2S2/c1-28-5-26-18-13(20(28)33)24-7-30(18)9-3-10-15(32)16(9)40-42(35,44)37-4-11-17(41-43(36,45)39-10)12(23)22(38-11)31-8-25-14-19(31)27-6-29(2)21(14)34/h5-12,15-17,22,32H,3-4H2,1-2H3,(H,35,44)(H,36,45)/t9-,10+,11?,12-,15-,16+,17-,22-,42?,43?/m1/s1. The summed E-state index contributed by atoms with van der Waals surface area (Å²) in [6.45, 7) is -9.44. The molecule has 1 saturated carbocycles. The maximum Gasteiger partial charge on any atom is 0.386 e. The number of aliphatic hydroxyl groups is 1. The Bertz CT molecular complexity index is 2040. The Balaban J connectivity index is 1.22. The van der Waals surface area contributed by atoms with Gasteiger partial charge in [0, 0.05) is 20.5 Å². The van der Waals surface area contributed by atoms with Crippen LogP contribution in [0.1, 0.15) is 18.7 Å². The minimum absolute atomic E-state index is 0.0170. The first kappa shape index (κ1) is 31.2. The van der Waals surface area contributed by atoms with Crippen LogP contribution in [0.5, 0.6) is 0 Å². The summed E-state index contributed by atoms with van der Waals surface area (Å²) in [4.78, 5) is 41.6. The molecule has 23 heteroatoms. The van der Waals surface area contributed by atoms with Crippen molar-refractivity contribution < 1.29 is 41.5 Å². The maximum absolute atomic E-state index is 16.1. The second-order valence-corrected chi connectivity index (χ2v) is 16.5. The van der Waals surface area contributed by atoms with Crippen LogP contribution in [0.25, 0.3) is 22.3 Å². The third kappa shape index (κ3) is 5.32. The summed E-state index contributed by atoms with van der Waals surface area (Å²) in [5.74, 6) is 0. The van der Waals surface area contributed by atoms with Gasteiger partial charge in [-0.2, -0.15) is 0 Å². The number of nitrogens with zero attached hydrogens (tertiary/aromatic N) is 8. The van der Waals surface area contributed by atoms with Gasteiger partial charge in [0.2, 0.25) is 0 Å². The Labute approximate surface area is 261 Å². The van der Waals surface area contributed by atoms with Crippen molar-refractivity contribution in [3.05, 3.63) is 46.0 Å². The number of aryl methyl sites for hydroxylation is 2. The van der Waals surface area contributed by atoms with E-state index in [0.29, 0.717) is 0 Å². The Kier molecular flexibility index (Phi) is 7.67. The van der Waals surface area contributed by atoms with Gasteiger partial charge in [0.15, 0.2) is 34.7 Å². The number of aromatic nitrogens is 8. The summed E-state index contributed by atoms with van der Waals surface area (Å²) < 4.78 is 76.5. The number of alkyl halides is 1. The lowest BCUT2D eigenvalue weighted by Crippen LogP contribution is -2.37. The van der Waals surface area contributed by atoms with Crippen molar-refractivity contribution in [1.82, 2.24) is 38.2 Å². The molecule has 1 aliphatic carbocycles. The molecule has 4 aromatic heterocycles. The van der Waals surface area contributed by atoms with Gasteiger partial charge in [-0.25, -0.2) is 33.5 Å². The van der Waals surface area contributed by atoms with Crippen LogP contribution in [0.3, 0.4) is 0 Å². The fraction of sp³-hybridized carbons (Fsp3) is 0.545. The molecule has 3 fully saturated rings. The predicted molar refractivity (Wildman–Crippen MR) is 158 cm³/mol. The first-order chi connectivity index (χ1) is 21.2. The van der Waals surface area contributed by atoms with E-state index in [1.54, 1.807) is 0 Å². The van der Waals surface area contributed by atoms with Crippen molar-refractivity contribution in [2.24, 2.45) is 14.1 Å². The van der Waals surface area contributed by atoms with Crippen LogP contribution in [-0.2, 0) is 46.1 Å². The summed E-state index contributed by atoms with van der Waals surface area (Å²) in [5, 5.41) is 11.2. The van der Waals surface area contributed by atoms with E-state index in [4.69, 9.17) is 22.8 Å². The Morgan fingerprint density at radius 3 is 2.07 bits per heavy atom. The monoisotopic (exact) mass is 706 g/mol. The number of halogens is 1. The molecule has 6 heterocycles. The Hall–Kier alpha value is -2.45. The molecule has 0 amide bonds. The fourth-order valence-corrected chi connectivity index (χ4v) is 9.11. The van der Waals surface area contributed by atoms with Crippen LogP contribution >= 0.6 is 38.1 Å². The van der Waals surface area contributed by atoms with Crippen LogP contribution in [0.2, 0.25) is 0 Å². The topological polar surface area (TPSA) is 206 Å². The van der Waals surface area contributed by atoms with E-state index >= 15 is 4.39 Å². The number of imidazole rings is 2. The maximum atomic E-state index is 16.1. The molecular weight excluding hydrogens is 681 g/mol. The summed E-state index contributed by atoms with van der Waals surface area (Å²) in [6, 6.07) is -0.920. The molecule has 1 N–H and O–H groups in total. The largest absolute Gasteiger partial charge is 0.388 e. The van der Waals surface area contributed by atoms with Gasteiger partial charge >= 0.3 is 13.6 Å². The molecule has 0 aromatic carbocycles. The lowest BCUT2D eigenvalue weighted by Gasteiger charge is -2.29. The number of aliphatic hydroxyl groups excluding tert-OH is 1. The zero-order valence-electron chi connectivity index (χ0n) is 23.2. The smallest absolute Gasteiger partial charge is 0.386 e. The normalized spacial score (nSPS) is 37.5. The zero-order chi connectivity index (χ0) is 32.0. The summed E-state index contributed by atoms with van der Waals surface area (Å²) in [6.07, 6.45) is -6.03. The number of ether oxygens (including phenoxy) is 1. The van der Waals surface area contributed by atoms with Gasteiger partial charge in [0.25, 0.3) is 11.1 Å². The lowest BCUT2D eigenvalue weighted by atomic mass is 10.1. The lowest BCUT2D eigenvalue weighted by molar-refractivity contribution is -0.0519. The number of fused-ring (bicyclic) bond motifs is 5. The van der Waals surface area contributed by atoms with Crippen LogP contribution in [0.4, 0.5) is 4.39 Å². The van der Waals surface area contributed by atoms with E-state index < -0.39 is 80.3 Å². The van der Waals surface area contributed by atoms with Crippen LogP contribution in [-0.4, -0.2) is 86.6 Å². The van der Waals surface area contributed by atoms with Gasteiger partial charge in [0.1, 0.15) is 24.4 Å². The van der Waals surface area contributed by atoms with Crippen molar-refractivity contribution in [1.29, 1.82) is 0 Å². The molecule has 0 spiro atoms. The second-order valence-electron chi connectivity index (χ2n) is 10.8. The SMILES string of the molecule is Cn1cnc2c(ncn2[C@@H]2C[C@@H]3OP(=O)(S)O[C@@H]4C(COP(=O)(S)O[C@@H]2[C@@H]3O)O[C@@H](n2cnc3c(=O)n(C)cnc32)[C@@H]4F)c1=O. The molecule has 3 aliphatic rings. The van der Waals surface area contributed by atoms with Crippen molar-refractivity contribution >= 4 is 60.4 Å². The summed E-state index contributed by atoms with van der Waals surface area (Å²) in [7, 11) is 2.98.